The highest BCUT2D eigenvalue weighted by Crippen LogP contribution is 2.24. The summed E-state index contributed by atoms with van der Waals surface area (Å²) in [4.78, 5) is 32.2. The van der Waals surface area contributed by atoms with Gasteiger partial charge in [0.1, 0.15) is 0 Å². The standard InChI is InChI=1S/C21H27N3O2/c1-15-5-6-19-18(11-15)16(13-22-19)7-10-24-14-17(12-20(24)25)21(26)23-8-3-2-4-9-23/h5-6,11,13,17,22H,2-4,7-10,12,14H2,1H3. The van der Waals surface area contributed by atoms with Crippen LogP contribution in [0.2, 0.25) is 0 Å². The molecule has 2 fully saturated rings. The number of benzene rings is 1. The topological polar surface area (TPSA) is 56.4 Å². The molecule has 1 atom stereocenters. The van der Waals surface area contributed by atoms with E-state index in [4.69, 9.17) is 0 Å². The van der Waals surface area contributed by atoms with E-state index in [2.05, 4.69) is 30.1 Å². The van der Waals surface area contributed by atoms with Crippen LogP contribution in [0.1, 0.15) is 36.8 Å². The van der Waals surface area contributed by atoms with E-state index < -0.39 is 0 Å². The van der Waals surface area contributed by atoms with Crippen molar-refractivity contribution in [1.29, 1.82) is 0 Å². The molecule has 0 saturated carbocycles. The molecule has 0 aliphatic carbocycles. The summed E-state index contributed by atoms with van der Waals surface area (Å²) in [6.45, 7) is 5.08. The van der Waals surface area contributed by atoms with Gasteiger partial charge in [-0.05, 0) is 50.3 Å². The van der Waals surface area contributed by atoms with Crippen molar-refractivity contribution in [2.24, 2.45) is 5.92 Å². The van der Waals surface area contributed by atoms with Crippen molar-refractivity contribution in [3.05, 3.63) is 35.5 Å². The van der Waals surface area contributed by atoms with Gasteiger partial charge in [0.05, 0.1) is 5.92 Å². The number of rotatable bonds is 4. The van der Waals surface area contributed by atoms with Crippen molar-refractivity contribution < 1.29 is 9.59 Å². The first kappa shape index (κ1) is 17.1. The van der Waals surface area contributed by atoms with Crippen LogP contribution in [0.25, 0.3) is 10.9 Å². The number of likely N-dealkylation sites (tertiary alicyclic amines) is 2. The lowest BCUT2D eigenvalue weighted by Crippen LogP contribution is -2.40. The number of hydrogen-bond donors (Lipinski definition) is 1. The van der Waals surface area contributed by atoms with Crippen molar-refractivity contribution in [3.8, 4) is 0 Å². The zero-order valence-electron chi connectivity index (χ0n) is 15.5. The number of piperidine rings is 1. The predicted molar refractivity (Wildman–Crippen MR) is 102 cm³/mol. The smallest absolute Gasteiger partial charge is 0.227 e. The average Bonchev–Trinajstić information content (AvgIpc) is 3.23. The minimum Gasteiger partial charge on any atom is -0.361 e. The van der Waals surface area contributed by atoms with E-state index in [0.29, 0.717) is 19.5 Å². The molecule has 2 aromatic rings. The van der Waals surface area contributed by atoms with Crippen LogP contribution in [0.15, 0.2) is 24.4 Å². The number of carbonyl (C=O) groups is 2. The molecule has 1 N–H and O–H groups in total. The van der Waals surface area contributed by atoms with Crippen molar-refractivity contribution in [2.75, 3.05) is 26.2 Å². The van der Waals surface area contributed by atoms with Crippen LogP contribution in [0.4, 0.5) is 0 Å². The lowest BCUT2D eigenvalue weighted by Gasteiger charge is -2.29. The molecule has 2 amide bonds. The largest absolute Gasteiger partial charge is 0.361 e. The SMILES string of the molecule is Cc1ccc2[nH]cc(CCN3CC(C(=O)N4CCCCC4)CC3=O)c2c1. The van der Waals surface area contributed by atoms with Gasteiger partial charge in [-0.25, -0.2) is 0 Å². The highest BCUT2D eigenvalue weighted by Gasteiger charge is 2.36. The Kier molecular flexibility index (Phi) is 4.70. The normalized spacial score (nSPS) is 21.0. The van der Waals surface area contributed by atoms with Gasteiger partial charge < -0.3 is 14.8 Å². The maximum Gasteiger partial charge on any atom is 0.227 e. The molecule has 4 rings (SSSR count). The van der Waals surface area contributed by atoms with Gasteiger partial charge in [0.2, 0.25) is 11.8 Å². The summed E-state index contributed by atoms with van der Waals surface area (Å²) < 4.78 is 0. The molecule has 1 unspecified atom stereocenters. The second kappa shape index (κ2) is 7.14. The number of aromatic nitrogens is 1. The molecule has 5 heteroatoms. The maximum atomic E-state index is 12.7. The van der Waals surface area contributed by atoms with Gasteiger partial charge in [-0.3, -0.25) is 9.59 Å². The Balaban J connectivity index is 1.38. The van der Waals surface area contributed by atoms with E-state index in [1.165, 1.54) is 22.9 Å². The van der Waals surface area contributed by atoms with Crippen LogP contribution < -0.4 is 0 Å². The molecule has 2 saturated heterocycles. The Morgan fingerprint density at radius 1 is 1.23 bits per heavy atom. The summed E-state index contributed by atoms with van der Waals surface area (Å²) in [5, 5.41) is 1.23. The van der Waals surface area contributed by atoms with Crippen molar-refractivity contribution in [1.82, 2.24) is 14.8 Å². The molecule has 138 valence electrons. The van der Waals surface area contributed by atoms with Gasteiger partial charge >= 0.3 is 0 Å². The first-order chi connectivity index (χ1) is 12.6. The maximum absolute atomic E-state index is 12.7. The van der Waals surface area contributed by atoms with Gasteiger partial charge in [0, 0.05) is 49.7 Å². The highest BCUT2D eigenvalue weighted by atomic mass is 16.2. The Morgan fingerprint density at radius 2 is 2.04 bits per heavy atom. The number of nitrogens with one attached hydrogen (secondary N) is 1. The fourth-order valence-corrected chi connectivity index (χ4v) is 4.28. The molecule has 1 aromatic heterocycles. The van der Waals surface area contributed by atoms with E-state index in [1.54, 1.807) is 0 Å². The van der Waals surface area contributed by atoms with Crippen LogP contribution in [0.5, 0.6) is 0 Å². The number of carbonyl (C=O) groups excluding carboxylic acids is 2. The number of aromatic amines is 1. The van der Waals surface area contributed by atoms with Gasteiger partial charge in [-0.15, -0.1) is 0 Å². The summed E-state index contributed by atoms with van der Waals surface area (Å²) in [5.74, 6) is 0.158. The molecular weight excluding hydrogens is 326 g/mol. The molecule has 0 spiro atoms. The van der Waals surface area contributed by atoms with Crippen LogP contribution in [-0.4, -0.2) is 52.8 Å². The van der Waals surface area contributed by atoms with E-state index in [1.807, 2.05) is 16.0 Å². The highest BCUT2D eigenvalue weighted by molar-refractivity contribution is 5.89. The number of nitrogens with zero attached hydrogens (tertiary/aromatic N) is 2. The number of amides is 2. The quantitative estimate of drug-likeness (QED) is 0.919. The Morgan fingerprint density at radius 3 is 2.85 bits per heavy atom. The van der Waals surface area contributed by atoms with Gasteiger partial charge in [-0.1, -0.05) is 11.6 Å². The number of hydrogen-bond acceptors (Lipinski definition) is 2. The third-order valence-electron chi connectivity index (χ3n) is 5.81. The zero-order chi connectivity index (χ0) is 18.1. The number of H-pyrrole nitrogens is 1. The zero-order valence-corrected chi connectivity index (χ0v) is 15.5. The molecule has 0 bridgehead atoms. The molecule has 26 heavy (non-hydrogen) atoms. The van der Waals surface area contributed by atoms with E-state index in [-0.39, 0.29) is 17.7 Å². The predicted octanol–water partition coefficient (Wildman–Crippen LogP) is 2.88. The summed E-state index contributed by atoms with van der Waals surface area (Å²) in [5.41, 5.74) is 3.61. The summed E-state index contributed by atoms with van der Waals surface area (Å²) in [6.07, 6.45) is 6.64. The average molecular weight is 353 g/mol. The van der Waals surface area contributed by atoms with Crippen molar-refractivity contribution in [3.63, 3.8) is 0 Å². The van der Waals surface area contributed by atoms with Crippen molar-refractivity contribution >= 4 is 22.7 Å². The second-order valence-electron chi connectivity index (χ2n) is 7.74. The summed E-state index contributed by atoms with van der Waals surface area (Å²) in [7, 11) is 0. The molecule has 1 aromatic carbocycles. The molecule has 0 radical (unpaired) electrons. The van der Waals surface area contributed by atoms with Crippen LogP contribution in [0.3, 0.4) is 0 Å². The lowest BCUT2D eigenvalue weighted by molar-refractivity contribution is -0.136. The number of fused-ring (bicyclic) bond motifs is 1. The minimum absolute atomic E-state index is 0.122. The van der Waals surface area contributed by atoms with E-state index in [9.17, 15) is 9.59 Å². The first-order valence-electron chi connectivity index (χ1n) is 9.75. The third-order valence-corrected chi connectivity index (χ3v) is 5.81. The fourth-order valence-electron chi connectivity index (χ4n) is 4.28. The summed E-state index contributed by atoms with van der Waals surface area (Å²) >= 11 is 0. The van der Waals surface area contributed by atoms with Crippen LogP contribution >= 0.6 is 0 Å². The fraction of sp³-hybridized carbons (Fsp3) is 0.524. The molecule has 3 heterocycles. The third kappa shape index (κ3) is 3.35. The molecule has 2 aliphatic heterocycles. The lowest BCUT2D eigenvalue weighted by atomic mass is 10.0. The van der Waals surface area contributed by atoms with Gasteiger partial charge in [0.25, 0.3) is 0 Å². The Hall–Kier alpha value is -2.30. The first-order valence-corrected chi connectivity index (χ1v) is 9.75. The Bertz CT molecular complexity index is 820. The Labute approximate surface area is 154 Å². The van der Waals surface area contributed by atoms with Crippen molar-refractivity contribution in [2.45, 2.75) is 39.0 Å². The van der Waals surface area contributed by atoms with Gasteiger partial charge in [0.15, 0.2) is 0 Å². The molecule has 2 aliphatic rings. The molecular formula is C21H27N3O2. The second-order valence-corrected chi connectivity index (χ2v) is 7.74. The van der Waals surface area contributed by atoms with Crippen LogP contribution in [-0.2, 0) is 16.0 Å². The van der Waals surface area contributed by atoms with E-state index >= 15 is 0 Å². The van der Waals surface area contributed by atoms with Crippen LogP contribution in [0, 0.1) is 12.8 Å². The van der Waals surface area contributed by atoms with Gasteiger partial charge in [-0.2, -0.15) is 0 Å². The summed E-state index contributed by atoms with van der Waals surface area (Å²) in [6, 6.07) is 6.39. The monoisotopic (exact) mass is 353 g/mol. The minimum atomic E-state index is -0.147. The molecule has 5 nitrogen and oxygen atoms in total. The van der Waals surface area contributed by atoms with E-state index in [0.717, 1.165) is 37.9 Å². The number of aryl methyl sites for hydroxylation is 1.